The van der Waals surface area contributed by atoms with Gasteiger partial charge >= 0.3 is 5.97 Å². The molecule has 0 fully saturated rings. The SMILES string of the molecule is CC/C=C\C/C=C\C/C=C\CCCCCCCC(=O)OCCCCCCCCCCCCCCCCCCCCO. The van der Waals surface area contributed by atoms with Crippen molar-refractivity contribution in [3.8, 4) is 0 Å². The molecule has 3 nitrogen and oxygen atoms in total. The van der Waals surface area contributed by atoms with E-state index in [9.17, 15) is 4.79 Å². The maximum Gasteiger partial charge on any atom is 0.305 e. The number of ether oxygens (including phenoxy) is 1. The van der Waals surface area contributed by atoms with Gasteiger partial charge in [-0.25, -0.2) is 0 Å². The molecule has 0 bridgehead atoms. The molecule has 41 heavy (non-hydrogen) atoms. The van der Waals surface area contributed by atoms with Crippen molar-refractivity contribution in [3.05, 3.63) is 36.5 Å². The van der Waals surface area contributed by atoms with Crippen LogP contribution in [0.15, 0.2) is 36.5 Å². The van der Waals surface area contributed by atoms with Crippen LogP contribution in [0.4, 0.5) is 0 Å². The molecular weight excluding hydrogens is 504 g/mol. The molecule has 0 unspecified atom stereocenters. The quantitative estimate of drug-likeness (QED) is 0.0481. The highest BCUT2D eigenvalue weighted by Crippen LogP contribution is 2.14. The largest absolute Gasteiger partial charge is 0.466 e. The Morgan fingerprint density at radius 2 is 0.878 bits per heavy atom. The van der Waals surface area contributed by atoms with Gasteiger partial charge in [-0.05, 0) is 51.4 Å². The molecule has 0 atom stereocenters. The lowest BCUT2D eigenvalue weighted by Gasteiger charge is -2.05. The van der Waals surface area contributed by atoms with E-state index in [-0.39, 0.29) is 5.97 Å². The monoisotopic (exact) mass is 575 g/mol. The molecule has 0 amide bonds. The van der Waals surface area contributed by atoms with Crippen LogP contribution in [0.5, 0.6) is 0 Å². The highest BCUT2D eigenvalue weighted by Gasteiger charge is 2.02. The maximum atomic E-state index is 11.9. The zero-order chi connectivity index (χ0) is 29.7. The number of allylic oxidation sites excluding steroid dienone is 6. The number of hydrogen-bond donors (Lipinski definition) is 1. The Morgan fingerprint density at radius 1 is 0.488 bits per heavy atom. The van der Waals surface area contributed by atoms with Gasteiger partial charge in [-0.1, -0.05) is 165 Å². The Balaban J connectivity index is 3.21. The van der Waals surface area contributed by atoms with Crippen LogP contribution < -0.4 is 0 Å². The molecule has 0 saturated heterocycles. The van der Waals surface area contributed by atoms with Crippen molar-refractivity contribution < 1.29 is 14.6 Å². The van der Waals surface area contributed by atoms with Gasteiger partial charge in [0.05, 0.1) is 6.61 Å². The van der Waals surface area contributed by atoms with Crippen molar-refractivity contribution in [2.75, 3.05) is 13.2 Å². The van der Waals surface area contributed by atoms with Crippen molar-refractivity contribution in [2.45, 2.75) is 187 Å². The van der Waals surface area contributed by atoms with Gasteiger partial charge < -0.3 is 9.84 Å². The Kier molecular flexibility index (Phi) is 35.5. The smallest absolute Gasteiger partial charge is 0.305 e. The summed E-state index contributed by atoms with van der Waals surface area (Å²) in [7, 11) is 0. The molecule has 0 aromatic carbocycles. The minimum absolute atomic E-state index is 0.000385. The number of carbonyl (C=O) groups is 1. The fraction of sp³-hybridized carbons (Fsp3) is 0.816. The lowest BCUT2D eigenvalue weighted by atomic mass is 10.0. The van der Waals surface area contributed by atoms with Gasteiger partial charge in [0.1, 0.15) is 0 Å². The zero-order valence-electron chi connectivity index (χ0n) is 27.4. The molecule has 0 aliphatic rings. The standard InChI is InChI=1S/C38H70O3/c1-2-3-4-5-6-7-8-9-14-17-20-23-26-29-32-35-38(40)41-37-34-31-28-25-22-19-16-13-11-10-12-15-18-21-24-27-30-33-36-39/h3-4,6-7,9,14,39H,2,5,8,10-13,15-37H2,1H3/b4-3-,7-6-,14-9-. The first-order valence-corrected chi connectivity index (χ1v) is 18.0. The van der Waals surface area contributed by atoms with E-state index in [1.54, 1.807) is 0 Å². The normalized spacial score (nSPS) is 12.0. The topological polar surface area (TPSA) is 46.5 Å². The molecule has 0 aromatic heterocycles. The molecule has 0 radical (unpaired) electrons. The van der Waals surface area contributed by atoms with Crippen LogP contribution in [0.1, 0.15) is 187 Å². The van der Waals surface area contributed by atoms with Crippen LogP contribution in [0.3, 0.4) is 0 Å². The van der Waals surface area contributed by atoms with Crippen molar-refractivity contribution in [1.82, 2.24) is 0 Å². The summed E-state index contributed by atoms with van der Waals surface area (Å²) < 4.78 is 5.43. The minimum Gasteiger partial charge on any atom is -0.466 e. The number of aliphatic hydroxyl groups excluding tert-OH is 1. The molecule has 240 valence electrons. The molecule has 0 rings (SSSR count). The molecule has 3 heteroatoms. The summed E-state index contributed by atoms with van der Waals surface area (Å²) in [6.07, 6.45) is 47.9. The van der Waals surface area contributed by atoms with Crippen LogP contribution in [0.2, 0.25) is 0 Å². The van der Waals surface area contributed by atoms with Crippen LogP contribution in [0, 0.1) is 0 Å². The predicted octanol–water partition coefficient (Wildman–Crippen LogP) is 12.1. The fourth-order valence-electron chi connectivity index (χ4n) is 5.19. The zero-order valence-corrected chi connectivity index (χ0v) is 27.4. The predicted molar refractivity (Wildman–Crippen MR) is 180 cm³/mol. The molecule has 0 heterocycles. The van der Waals surface area contributed by atoms with Gasteiger partial charge in [0.15, 0.2) is 0 Å². The summed E-state index contributed by atoms with van der Waals surface area (Å²) in [6.45, 7) is 3.13. The van der Waals surface area contributed by atoms with Crippen molar-refractivity contribution in [3.63, 3.8) is 0 Å². The molecule has 0 saturated carbocycles. The molecule has 0 aromatic rings. The van der Waals surface area contributed by atoms with Crippen LogP contribution >= 0.6 is 0 Å². The average Bonchev–Trinajstić information content (AvgIpc) is 2.98. The Bertz CT molecular complexity index is 592. The number of aliphatic hydroxyl groups is 1. The number of unbranched alkanes of at least 4 members (excludes halogenated alkanes) is 22. The molecule has 0 aliphatic heterocycles. The second-order valence-electron chi connectivity index (χ2n) is 11.9. The van der Waals surface area contributed by atoms with E-state index in [0.717, 1.165) is 44.9 Å². The number of carbonyl (C=O) groups excluding carboxylic acids is 1. The summed E-state index contributed by atoms with van der Waals surface area (Å²) in [6, 6.07) is 0. The molecule has 0 aliphatic carbocycles. The van der Waals surface area contributed by atoms with Crippen LogP contribution in [0.25, 0.3) is 0 Å². The van der Waals surface area contributed by atoms with Gasteiger partial charge in [-0.15, -0.1) is 0 Å². The summed E-state index contributed by atoms with van der Waals surface area (Å²) >= 11 is 0. The summed E-state index contributed by atoms with van der Waals surface area (Å²) in [5.74, 6) is 0.000385. The maximum absolute atomic E-state index is 11.9. The van der Waals surface area contributed by atoms with Crippen LogP contribution in [-0.4, -0.2) is 24.3 Å². The van der Waals surface area contributed by atoms with E-state index >= 15 is 0 Å². The minimum atomic E-state index is 0.000385. The summed E-state index contributed by atoms with van der Waals surface area (Å²) in [5.41, 5.74) is 0. The Hall–Kier alpha value is -1.35. The molecule has 1 N–H and O–H groups in total. The van der Waals surface area contributed by atoms with Crippen LogP contribution in [-0.2, 0) is 9.53 Å². The van der Waals surface area contributed by atoms with E-state index in [1.165, 1.54) is 128 Å². The fourth-order valence-corrected chi connectivity index (χ4v) is 5.19. The number of esters is 1. The van der Waals surface area contributed by atoms with E-state index < -0.39 is 0 Å². The third-order valence-electron chi connectivity index (χ3n) is 7.85. The molecule has 0 spiro atoms. The van der Waals surface area contributed by atoms with E-state index in [0.29, 0.717) is 19.6 Å². The highest BCUT2D eigenvalue weighted by atomic mass is 16.5. The third-order valence-corrected chi connectivity index (χ3v) is 7.85. The first-order valence-electron chi connectivity index (χ1n) is 18.0. The second-order valence-corrected chi connectivity index (χ2v) is 11.9. The lowest BCUT2D eigenvalue weighted by Crippen LogP contribution is -2.05. The summed E-state index contributed by atoms with van der Waals surface area (Å²) in [4.78, 5) is 11.9. The highest BCUT2D eigenvalue weighted by molar-refractivity contribution is 5.69. The lowest BCUT2D eigenvalue weighted by molar-refractivity contribution is -0.143. The first kappa shape index (κ1) is 39.6. The third kappa shape index (κ3) is 36.6. The Morgan fingerprint density at radius 3 is 1.37 bits per heavy atom. The van der Waals surface area contributed by atoms with Crippen molar-refractivity contribution in [1.29, 1.82) is 0 Å². The van der Waals surface area contributed by atoms with E-state index in [2.05, 4.69) is 43.4 Å². The number of hydrogen-bond acceptors (Lipinski definition) is 3. The van der Waals surface area contributed by atoms with E-state index in [4.69, 9.17) is 9.84 Å². The van der Waals surface area contributed by atoms with Crippen molar-refractivity contribution >= 4 is 5.97 Å². The second kappa shape index (κ2) is 36.7. The van der Waals surface area contributed by atoms with Crippen molar-refractivity contribution in [2.24, 2.45) is 0 Å². The summed E-state index contributed by atoms with van der Waals surface area (Å²) in [5, 5.41) is 8.78. The van der Waals surface area contributed by atoms with Gasteiger partial charge in [-0.2, -0.15) is 0 Å². The Labute approximate surface area is 256 Å². The van der Waals surface area contributed by atoms with E-state index in [1.807, 2.05) is 0 Å². The van der Waals surface area contributed by atoms with Gasteiger partial charge in [0, 0.05) is 13.0 Å². The van der Waals surface area contributed by atoms with Gasteiger partial charge in [0.25, 0.3) is 0 Å². The number of rotatable bonds is 33. The van der Waals surface area contributed by atoms with Gasteiger partial charge in [0.2, 0.25) is 0 Å². The van der Waals surface area contributed by atoms with Gasteiger partial charge in [-0.3, -0.25) is 4.79 Å². The first-order chi connectivity index (χ1) is 20.3. The average molecular weight is 575 g/mol. The molecular formula is C38H70O3.